The molecule has 0 aliphatic heterocycles. The zero-order valence-electron chi connectivity index (χ0n) is 11.4. The second-order valence-electron chi connectivity index (χ2n) is 4.13. The van der Waals surface area contributed by atoms with Crippen LogP contribution in [0.3, 0.4) is 0 Å². The Hall–Kier alpha value is -1.26. The first-order chi connectivity index (χ1) is 8.77. The van der Waals surface area contributed by atoms with Crippen LogP contribution in [0.15, 0.2) is 24.3 Å². The largest absolute Gasteiger partial charge is 0.399 e. The fourth-order valence-corrected chi connectivity index (χ4v) is 1.74. The van der Waals surface area contributed by atoms with Crippen molar-refractivity contribution in [3.63, 3.8) is 0 Å². The minimum atomic E-state index is 0.738. The number of nitrogens with zero attached hydrogens (tertiary/aromatic N) is 1. The van der Waals surface area contributed by atoms with Crippen LogP contribution in [0.2, 0.25) is 0 Å². The second kappa shape index (κ2) is 8.78. The highest BCUT2D eigenvalue weighted by molar-refractivity contribution is 5.52. The van der Waals surface area contributed by atoms with Crippen molar-refractivity contribution in [3.05, 3.63) is 24.3 Å². The van der Waals surface area contributed by atoms with Gasteiger partial charge in [0.15, 0.2) is 0 Å². The third-order valence-electron chi connectivity index (χ3n) is 2.78. The van der Waals surface area contributed by atoms with Crippen molar-refractivity contribution in [1.82, 2.24) is 0 Å². The Morgan fingerprint density at radius 2 is 1.83 bits per heavy atom. The van der Waals surface area contributed by atoms with Crippen LogP contribution < -0.4 is 10.6 Å². The monoisotopic (exact) mass is 252 g/mol. The molecule has 0 radical (unpaired) electrons. The molecule has 0 aliphatic rings. The molecule has 0 bridgehead atoms. The van der Waals surface area contributed by atoms with Crippen LogP contribution in [0.5, 0.6) is 0 Å². The molecule has 18 heavy (non-hydrogen) atoms. The van der Waals surface area contributed by atoms with Gasteiger partial charge >= 0.3 is 0 Å². The van der Waals surface area contributed by atoms with Crippen LogP contribution in [0.1, 0.15) is 13.3 Å². The quantitative estimate of drug-likeness (QED) is 0.540. The number of hydrogen-bond acceptors (Lipinski definition) is 4. The van der Waals surface area contributed by atoms with Gasteiger partial charge in [-0.1, -0.05) is 0 Å². The summed E-state index contributed by atoms with van der Waals surface area (Å²) in [6.45, 7) is 6.25. The highest BCUT2D eigenvalue weighted by Crippen LogP contribution is 2.15. The molecule has 0 aliphatic carbocycles. The fraction of sp³-hybridized carbons (Fsp3) is 0.571. The molecule has 102 valence electrons. The van der Waals surface area contributed by atoms with Crippen molar-refractivity contribution >= 4 is 11.4 Å². The molecule has 0 unspecified atom stereocenters. The van der Waals surface area contributed by atoms with E-state index < -0.39 is 0 Å². The molecule has 0 atom stereocenters. The average Bonchev–Trinajstić information content (AvgIpc) is 2.39. The normalized spacial score (nSPS) is 10.6. The average molecular weight is 252 g/mol. The van der Waals surface area contributed by atoms with E-state index in [2.05, 4.69) is 11.8 Å². The molecule has 0 aromatic heterocycles. The molecular weight excluding hydrogens is 228 g/mol. The van der Waals surface area contributed by atoms with Crippen LogP contribution in [-0.4, -0.2) is 40.0 Å². The Morgan fingerprint density at radius 1 is 1.11 bits per heavy atom. The molecule has 0 saturated carbocycles. The number of likely N-dealkylation sites (N-methyl/N-ethyl adjacent to an activating group) is 1. The van der Waals surface area contributed by atoms with E-state index in [1.807, 2.05) is 24.3 Å². The minimum absolute atomic E-state index is 0.738. The lowest BCUT2D eigenvalue weighted by Gasteiger charge is -2.23. The topological polar surface area (TPSA) is 47.7 Å². The standard InChI is InChI=1S/C14H24N2O2/c1-3-16(9-12-18-11-4-10-17-2)14-7-5-13(15)6-8-14/h5-8H,3-4,9-12,15H2,1-2H3. The molecule has 4 nitrogen and oxygen atoms in total. The second-order valence-corrected chi connectivity index (χ2v) is 4.13. The van der Waals surface area contributed by atoms with E-state index in [0.29, 0.717) is 0 Å². The number of benzene rings is 1. The summed E-state index contributed by atoms with van der Waals surface area (Å²) in [4.78, 5) is 2.27. The number of nitrogen functional groups attached to an aromatic ring is 1. The van der Waals surface area contributed by atoms with Gasteiger partial charge in [0, 0.05) is 44.8 Å². The van der Waals surface area contributed by atoms with E-state index >= 15 is 0 Å². The Kier molecular flexibility index (Phi) is 7.22. The number of ether oxygens (including phenoxy) is 2. The number of methoxy groups -OCH3 is 1. The molecule has 0 spiro atoms. The summed E-state index contributed by atoms with van der Waals surface area (Å²) in [6.07, 6.45) is 0.949. The Morgan fingerprint density at radius 3 is 2.44 bits per heavy atom. The summed E-state index contributed by atoms with van der Waals surface area (Å²) in [7, 11) is 1.71. The van der Waals surface area contributed by atoms with E-state index in [0.717, 1.165) is 45.0 Å². The van der Waals surface area contributed by atoms with Crippen molar-refractivity contribution in [3.8, 4) is 0 Å². The summed E-state index contributed by atoms with van der Waals surface area (Å²) in [5, 5.41) is 0. The number of hydrogen-bond donors (Lipinski definition) is 1. The molecule has 4 heteroatoms. The zero-order valence-corrected chi connectivity index (χ0v) is 11.4. The lowest BCUT2D eigenvalue weighted by atomic mass is 10.2. The van der Waals surface area contributed by atoms with Gasteiger partial charge in [-0.05, 0) is 37.6 Å². The minimum Gasteiger partial charge on any atom is -0.399 e. The lowest BCUT2D eigenvalue weighted by Crippen LogP contribution is -2.27. The van der Waals surface area contributed by atoms with Gasteiger partial charge in [-0.15, -0.1) is 0 Å². The van der Waals surface area contributed by atoms with E-state index in [9.17, 15) is 0 Å². The first-order valence-corrected chi connectivity index (χ1v) is 6.45. The lowest BCUT2D eigenvalue weighted by molar-refractivity contribution is 0.107. The van der Waals surface area contributed by atoms with Gasteiger partial charge in [-0.3, -0.25) is 0 Å². The summed E-state index contributed by atoms with van der Waals surface area (Å²) >= 11 is 0. The first-order valence-electron chi connectivity index (χ1n) is 6.45. The van der Waals surface area contributed by atoms with E-state index in [1.165, 1.54) is 5.69 Å². The van der Waals surface area contributed by atoms with Gasteiger partial charge < -0.3 is 20.1 Å². The maximum Gasteiger partial charge on any atom is 0.0641 e. The summed E-state index contributed by atoms with van der Waals surface area (Å²) in [6, 6.07) is 7.95. The summed E-state index contributed by atoms with van der Waals surface area (Å²) < 4.78 is 10.5. The number of anilines is 2. The van der Waals surface area contributed by atoms with Crippen molar-refractivity contribution in [2.24, 2.45) is 0 Å². The number of nitrogens with two attached hydrogens (primary N) is 1. The smallest absolute Gasteiger partial charge is 0.0641 e. The van der Waals surface area contributed by atoms with E-state index in [4.69, 9.17) is 15.2 Å². The Balaban J connectivity index is 2.27. The van der Waals surface area contributed by atoms with Crippen LogP contribution in [0.4, 0.5) is 11.4 Å². The molecule has 0 saturated heterocycles. The fourth-order valence-electron chi connectivity index (χ4n) is 1.74. The SMILES string of the molecule is CCN(CCOCCCOC)c1ccc(N)cc1. The van der Waals surface area contributed by atoms with Crippen LogP contribution in [0, 0.1) is 0 Å². The van der Waals surface area contributed by atoms with Crippen molar-refractivity contribution in [1.29, 1.82) is 0 Å². The van der Waals surface area contributed by atoms with Crippen LogP contribution in [0.25, 0.3) is 0 Å². The molecule has 1 aromatic rings. The summed E-state index contributed by atoms with van der Waals surface area (Å²) in [5.74, 6) is 0. The van der Waals surface area contributed by atoms with Crippen molar-refractivity contribution in [2.75, 3.05) is 50.7 Å². The van der Waals surface area contributed by atoms with E-state index in [-0.39, 0.29) is 0 Å². The van der Waals surface area contributed by atoms with Gasteiger partial charge in [-0.25, -0.2) is 0 Å². The maximum atomic E-state index is 5.68. The highest BCUT2D eigenvalue weighted by atomic mass is 16.5. The van der Waals surface area contributed by atoms with Crippen molar-refractivity contribution < 1.29 is 9.47 Å². The maximum absolute atomic E-state index is 5.68. The van der Waals surface area contributed by atoms with Gasteiger partial charge in [0.2, 0.25) is 0 Å². The van der Waals surface area contributed by atoms with Gasteiger partial charge in [0.05, 0.1) is 6.61 Å². The Labute approximate surface area is 110 Å². The van der Waals surface area contributed by atoms with Crippen LogP contribution >= 0.6 is 0 Å². The van der Waals surface area contributed by atoms with Crippen LogP contribution in [-0.2, 0) is 9.47 Å². The third kappa shape index (κ3) is 5.38. The summed E-state index contributed by atoms with van der Waals surface area (Å²) in [5.41, 5.74) is 7.67. The third-order valence-corrected chi connectivity index (χ3v) is 2.78. The predicted molar refractivity (Wildman–Crippen MR) is 76.1 cm³/mol. The van der Waals surface area contributed by atoms with Crippen molar-refractivity contribution in [2.45, 2.75) is 13.3 Å². The molecular formula is C14H24N2O2. The zero-order chi connectivity index (χ0) is 13.2. The molecule has 0 heterocycles. The molecule has 0 amide bonds. The molecule has 2 N–H and O–H groups in total. The van der Waals surface area contributed by atoms with Gasteiger partial charge in [0.25, 0.3) is 0 Å². The Bertz CT molecular complexity index is 314. The van der Waals surface area contributed by atoms with Gasteiger partial charge in [-0.2, -0.15) is 0 Å². The van der Waals surface area contributed by atoms with E-state index in [1.54, 1.807) is 7.11 Å². The first kappa shape index (κ1) is 14.8. The molecule has 1 rings (SSSR count). The highest BCUT2D eigenvalue weighted by Gasteiger charge is 2.03. The number of rotatable bonds is 9. The predicted octanol–water partition coefficient (Wildman–Crippen LogP) is 2.15. The van der Waals surface area contributed by atoms with Gasteiger partial charge in [0.1, 0.15) is 0 Å². The molecule has 1 aromatic carbocycles. The molecule has 0 fully saturated rings.